The summed E-state index contributed by atoms with van der Waals surface area (Å²) in [5.41, 5.74) is -0.618. The van der Waals surface area contributed by atoms with Crippen LogP contribution in [0.15, 0.2) is 41.3 Å². The number of nitrogens with one attached hydrogen (secondary N) is 2. The number of para-hydroxylation sites is 1. The molecule has 0 bridgehead atoms. The van der Waals surface area contributed by atoms with Crippen molar-refractivity contribution in [3.05, 3.63) is 42.1 Å². The number of pyridine rings is 1. The highest BCUT2D eigenvalue weighted by Crippen LogP contribution is 2.46. The molecule has 1 aromatic heterocycles. The smallest absolute Gasteiger partial charge is 0.408 e. The van der Waals surface area contributed by atoms with Gasteiger partial charge in [-0.3, -0.25) is 9.59 Å². The molecule has 1 saturated heterocycles. The van der Waals surface area contributed by atoms with Gasteiger partial charge in [0.25, 0.3) is 0 Å². The number of fused-ring (bicyclic) bond motifs is 3. The van der Waals surface area contributed by atoms with Crippen LogP contribution in [0.4, 0.5) is 4.79 Å². The number of hydrogen-bond donors (Lipinski definition) is 2. The van der Waals surface area contributed by atoms with Gasteiger partial charge >= 0.3 is 18.0 Å². The average molecular weight is 723 g/mol. The minimum Gasteiger partial charge on any atom is -0.488 e. The number of methoxy groups -OCH3 is 2. The number of thioether (sulfide) groups is 1. The zero-order valence-corrected chi connectivity index (χ0v) is 30.1. The number of amides is 3. The summed E-state index contributed by atoms with van der Waals surface area (Å²) in [5.74, 6) is -2.01. The molecule has 0 spiro atoms. The summed E-state index contributed by atoms with van der Waals surface area (Å²) >= 11 is 1.47. The van der Waals surface area contributed by atoms with Crippen LogP contribution in [-0.2, 0) is 28.6 Å². The van der Waals surface area contributed by atoms with Crippen molar-refractivity contribution in [3.63, 3.8) is 0 Å². The highest BCUT2D eigenvalue weighted by Gasteiger charge is 2.62. The van der Waals surface area contributed by atoms with Crippen LogP contribution in [-0.4, -0.2) is 96.6 Å². The van der Waals surface area contributed by atoms with Crippen molar-refractivity contribution < 1.29 is 42.9 Å². The number of esters is 2. The first-order valence-corrected chi connectivity index (χ1v) is 19.0. The van der Waals surface area contributed by atoms with E-state index < -0.39 is 53.6 Å². The van der Waals surface area contributed by atoms with Gasteiger partial charge in [-0.2, -0.15) is 0 Å². The van der Waals surface area contributed by atoms with Gasteiger partial charge in [-0.15, -0.1) is 11.8 Å². The number of alkyl carbamates (subject to hydrolysis) is 1. The Hall–Kier alpha value is -4.33. The SMILES string of the molecule is COC(=O)c1cc(O[C@@H]2C[C@H]3C(=O)N[C@]4(C(=O)OC)CC4C=CCCCCC[C@H](NC(=O)OC4CCCC4)C(=O)N3C2)c2cccc(SC)c2n1. The molecule has 3 fully saturated rings. The zero-order valence-electron chi connectivity index (χ0n) is 29.3. The summed E-state index contributed by atoms with van der Waals surface area (Å²) in [6.07, 6.45) is 11.9. The lowest BCUT2D eigenvalue weighted by atomic mass is 10.0. The Kier molecular flexibility index (Phi) is 11.4. The number of carbonyl (C=O) groups is 5. The summed E-state index contributed by atoms with van der Waals surface area (Å²) in [4.78, 5) is 74.2. The molecule has 2 aliphatic carbocycles. The van der Waals surface area contributed by atoms with Gasteiger partial charge in [0, 0.05) is 28.7 Å². The Morgan fingerprint density at radius 3 is 2.55 bits per heavy atom. The van der Waals surface area contributed by atoms with Crippen LogP contribution in [0.1, 0.15) is 81.1 Å². The van der Waals surface area contributed by atoms with Crippen molar-refractivity contribution >= 4 is 52.5 Å². The minimum atomic E-state index is -1.23. The van der Waals surface area contributed by atoms with E-state index in [1.54, 1.807) is 0 Å². The molecular formula is C37H46N4O9S. The van der Waals surface area contributed by atoms with Crippen molar-refractivity contribution in [3.8, 4) is 5.75 Å². The van der Waals surface area contributed by atoms with Crippen molar-refractivity contribution in [2.45, 2.75) is 105 Å². The maximum Gasteiger partial charge on any atom is 0.408 e. The van der Waals surface area contributed by atoms with Gasteiger partial charge in [-0.05, 0) is 69.8 Å². The molecule has 1 aromatic carbocycles. The Labute approximate surface area is 301 Å². The van der Waals surface area contributed by atoms with E-state index in [2.05, 4.69) is 15.6 Å². The first-order valence-electron chi connectivity index (χ1n) is 17.7. The molecule has 14 heteroatoms. The molecule has 3 amide bonds. The number of ether oxygens (including phenoxy) is 4. The second-order valence-electron chi connectivity index (χ2n) is 13.7. The molecule has 2 N–H and O–H groups in total. The van der Waals surface area contributed by atoms with Crippen LogP contribution in [0, 0.1) is 5.92 Å². The fraction of sp³-hybridized carbons (Fsp3) is 0.568. The molecule has 2 saturated carbocycles. The van der Waals surface area contributed by atoms with Crippen LogP contribution in [0.25, 0.3) is 10.9 Å². The van der Waals surface area contributed by atoms with E-state index in [4.69, 9.17) is 18.9 Å². The fourth-order valence-corrected chi connectivity index (χ4v) is 8.05. The largest absolute Gasteiger partial charge is 0.488 e. The van der Waals surface area contributed by atoms with Crippen molar-refractivity contribution in [2.24, 2.45) is 5.92 Å². The molecule has 4 aliphatic rings. The maximum absolute atomic E-state index is 14.5. The number of rotatable bonds is 7. The monoisotopic (exact) mass is 722 g/mol. The number of nitrogens with zero attached hydrogens (tertiary/aromatic N) is 2. The third-order valence-corrected chi connectivity index (χ3v) is 11.1. The summed E-state index contributed by atoms with van der Waals surface area (Å²) in [5, 5.41) is 6.42. The normalized spacial score (nSPS) is 27.0. The van der Waals surface area contributed by atoms with E-state index in [0.29, 0.717) is 35.9 Å². The summed E-state index contributed by atoms with van der Waals surface area (Å²) < 4.78 is 22.3. The molecule has 51 heavy (non-hydrogen) atoms. The number of benzene rings is 1. The molecule has 13 nitrogen and oxygen atoms in total. The Bertz CT molecular complexity index is 1700. The molecule has 3 heterocycles. The highest BCUT2D eigenvalue weighted by molar-refractivity contribution is 7.98. The summed E-state index contributed by atoms with van der Waals surface area (Å²) in [7, 11) is 2.56. The standard InChI is InChI=1S/C37H46N4O9S/c1-47-34(44)27-19-29(25-15-11-17-30(51-3)31(25)38-27)49-24-18-28-32(42)40-37(35(45)48-2)20-22(37)12-7-5-4-6-8-16-26(33(43)41(28)21-24)39-36(46)50-23-13-9-10-14-23/h7,11-12,15,17,19,22-24,26,28H,4-6,8-10,13-14,16,18,20-21H2,1-3H3,(H,39,46)(H,40,42)/t22?,24-,26+,28+,37-/m1/s1. The second kappa shape index (κ2) is 15.9. The van der Waals surface area contributed by atoms with E-state index in [9.17, 15) is 24.0 Å². The molecule has 5 atom stereocenters. The van der Waals surface area contributed by atoms with E-state index in [1.807, 2.05) is 36.6 Å². The summed E-state index contributed by atoms with van der Waals surface area (Å²) in [6, 6.07) is 5.14. The van der Waals surface area contributed by atoms with Crippen LogP contribution < -0.4 is 15.4 Å². The Morgan fingerprint density at radius 1 is 1.02 bits per heavy atom. The number of hydrogen-bond acceptors (Lipinski definition) is 11. The Balaban J connectivity index is 1.32. The van der Waals surface area contributed by atoms with Gasteiger partial charge in [-0.1, -0.05) is 31.1 Å². The molecule has 6 rings (SSSR count). The molecule has 2 aliphatic heterocycles. The fourth-order valence-electron chi connectivity index (χ4n) is 7.49. The zero-order chi connectivity index (χ0) is 36.1. The van der Waals surface area contributed by atoms with Gasteiger partial charge in [0.15, 0.2) is 5.69 Å². The maximum atomic E-state index is 14.5. The topological polar surface area (TPSA) is 162 Å². The van der Waals surface area contributed by atoms with Crippen LogP contribution in [0.2, 0.25) is 0 Å². The minimum absolute atomic E-state index is 0.0148. The first-order chi connectivity index (χ1) is 24.7. The van der Waals surface area contributed by atoms with Crippen molar-refractivity contribution in [1.82, 2.24) is 20.5 Å². The van der Waals surface area contributed by atoms with Gasteiger partial charge in [0.1, 0.15) is 35.6 Å². The van der Waals surface area contributed by atoms with Gasteiger partial charge in [0.05, 0.1) is 26.3 Å². The van der Waals surface area contributed by atoms with E-state index in [1.165, 1.54) is 36.9 Å². The van der Waals surface area contributed by atoms with Crippen LogP contribution >= 0.6 is 11.8 Å². The number of aromatic nitrogens is 1. The Morgan fingerprint density at radius 2 is 1.80 bits per heavy atom. The van der Waals surface area contributed by atoms with E-state index in [-0.39, 0.29) is 30.7 Å². The van der Waals surface area contributed by atoms with Crippen molar-refractivity contribution in [2.75, 3.05) is 27.0 Å². The van der Waals surface area contributed by atoms with Crippen LogP contribution in [0.3, 0.4) is 0 Å². The highest BCUT2D eigenvalue weighted by atomic mass is 32.2. The quantitative estimate of drug-likeness (QED) is 0.176. The molecule has 1 unspecified atom stereocenters. The predicted molar refractivity (Wildman–Crippen MR) is 188 cm³/mol. The molecule has 0 radical (unpaired) electrons. The average Bonchev–Trinajstić information content (AvgIpc) is 3.41. The lowest BCUT2D eigenvalue weighted by molar-refractivity contribution is -0.148. The molecule has 274 valence electrons. The van der Waals surface area contributed by atoms with E-state index >= 15 is 0 Å². The second-order valence-corrected chi connectivity index (χ2v) is 14.5. The van der Waals surface area contributed by atoms with E-state index in [0.717, 1.165) is 49.8 Å². The molecule has 2 aromatic rings. The van der Waals surface area contributed by atoms with Crippen molar-refractivity contribution in [1.29, 1.82) is 0 Å². The van der Waals surface area contributed by atoms with Gasteiger partial charge in [0.2, 0.25) is 11.8 Å². The first kappa shape index (κ1) is 36.5. The van der Waals surface area contributed by atoms with Gasteiger partial charge in [-0.25, -0.2) is 19.4 Å². The molecular weight excluding hydrogens is 676 g/mol. The summed E-state index contributed by atoms with van der Waals surface area (Å²) in [6.45, 7) is 0.0148. The third-order valence-electron chi connectivity index (χ3n) is 10.3. The number of allylic oxidation sites excluding steroid dienone is 1. The lowest BCUT2D eigenvalue weighted by Gasteiger charge is -2.29. The predicted octanol–water partition coefficient (Wildman–Crippen LogP) is 4.70. The van der Waals surface area contributed by atoms with Crippen LogP contribution in [0.5, 0.6) is 5.75 Å². The third kappa shape index (κ3) is 7.95. The lowest BCUT2D eigenvalue weighted by Crippen LogP contribution is -2.56. The van der Waals surface area contributed by atoms with Gasteiger partial charge < -0.3 is 34.5 Å². The number of carbonyl (C=O) groups excluding carboxylic acids is 5.